The van der Waals surface area contributed by atoms with Gasteiger partial charge >= 0.3 is 6.09 Å². The smallest absolute Gasteiger partial charge is 0.409 e. The van der Waals surface area contributed by atoms with Crippen molar-refractivity contribution in [1.82, 2.24) is 15.5 Å². The zero-order chi connectivity index (χ0) is 18.1. The van der Waals surface area contributed by atoms with Gasteiger partial charge in [-0.05, 0) is 37.1 Å². The van der Waals surface area contributed by atoms with Gasteiger partial charge < -0.3 is 20.3 Å². The largest absolute Gasteiger partial charge is 0.453 e. The Hall–Kier alpha value is -1.23. The second kappa shape index (κ2) is 12.2. The molecule has 1 aromatic rings. The summed E-state index contributed by atoms with van der Waals surface area (Å²) >= 11 is 1.66. The first-order chi connectivity index (χ1) is 12.1. The van der Waals surface area contributed by atoms with Crippen molar-refractivity contribution in [3.63, 3.8) is 0 Å². The molecule has 0 atom stereocenters. The van der Waals surface area contributed by atoms with Gasteiger partial charge in [0.1, 0.15) is 5.82 Å². The number of carbonyl (C=O) groups excluding carboxylic acids is 1. The Labute approximate surface area is 175 Å². The average molecular weight is 496 g/mol. The minimum atomic E-state index is -0.265. The van der Waals surface area contributed by atoms with Crippen molar-refractivity contribution in [3.8, 4) is 0 Å². The maximum atomic E-state index is 12.9. The number of guanidine groups is 1. The molecule has 1 heterocycles. The molecule has 1 fully saturated rings. The molecular weight excluding hydrogens is 470 g/mol. The Morgan fingerprint density at radius 1 is 1.35 bits per heavy atom. The van der Waals surface area contributed by atoms with E-state index in [1.807, 2.05) is 0 Å². The lowest BCUT2D eigenvalue weighted by molar-refractivity contribution is 0.111. The second-order valence-corrected chi connectivity index (χ2v) is 6.85. The molecule has 2 rings (SSSR count). The highest BCUT2D eigenvalue weighted by Gasteiger charge is 2.23. The topological polar surface area (TPSA) is 66.0 Å². The Morgan fingerprint density at radius 3 is 2.58 bits per heavy atom. The number of methoxy groups -OCH3 is 1. The SMILES string of the molecule is CN=C(NCCSc1ccc(F)cc1)NC1CCN(C(=O)OC)CC1.I. The summed E-state index contributed by atoms with van der Waals surface area (Å²) in [6, 6.07) is 6.79. The predicted molar refractivity (Wildman–Crippen MR) is 114 cm³/mol. The molecule has 6 nitrogen and oxygen atoms in total. The van der Waals surface area contributed by atoms with E-state index < -0.39 is 0 Å². The number of amides is 1. The fourth-order valence-electron chi connectivity index (χ4n) is 2.59. The lowest BCUT2D eigenvalue weighted by Crippen LogP contribution is -2.50. The molecule has 0 aliphatic carbocycles. The Morgan fingerprint density at radius 2 is 2.00 bits per heavy atom. The van der Waals surface area contributed by atoms with Crippen LogP contribution in [0.25, 0.3) is 0 Å². The van der Waals surface area contributed by atoms with Crippen molar-refractivity contribution in [2.24, 2.45) is 4.99 Å². The molecule has 2 N–H and O–H groups in total. The number of rotatable bonds is 5. The molecule has 146 valence electrons. The third-order valence-electron chi connectivity index (χ3n) is 3.97. The summed E-state index contributed by atoms with van der Waals surface area (Å²) in [5.41, 5.74) is 0. The molecule has 0 spiro atoms. The van der Waals surface area contributed by atoms with Crippen LogP contribution in [0.5, 0.6) is 0 Å². The minimum absolute atomic E-state index is 0. The van der Waals surface area contributed by atoms with Gasteiger partial charge in [0.25, 0.3) is 0 Å². The van der Waals surface area contributed by atoms with Gasteiger partial charge in [0.15, 0.2) is 5.96 Å². The average Bonchev–Trinajstić information content (AvgIpc) is 2.65. The van der Waals surface area contributed by atoms with Gasteiger partial charge in [0.05, 0.1) is 7.11 Å². The highest BCUT2D eigenvalue weighted by Crippen LogP contribution is 2.17. The second-order valence-electron chi connectivity index (χ2n) is 5.68. The summed E-state index contributed by atoms with van der Waals surface area (Å²) in [5, 5.41) is 6.67. The highest BCUT2D eigenvalue weighted by molar-refractivity contribution is 14.0. The maximum absolute atomic E-state index is 12.9. The van der Waals surface area contributed by atoms with Crippen LogP contribution in [0.15, 0.2) is 34.2 Å². The summed E-state index contributed by atoms with van der Waals surface area (Å²) in [4.78, 5) is 18.5. The Kier molecular flexibility index (Phi) is 10.7. The number of hydrogen-bond donors (Lipinski definition) is 2. The number of hydrogen-bond acceptors (Lipinski definition) is 4. The van der Waals surface area contributed by atoms with Crippen LogP contribution in [0.2, 0.25) is 0 Å². The summed E-state index contributed by atoms with van der Waals surface area (Å²) in [6.07, 6.45) is 1.46. The van der Waals surface area contributed by atoms with Crippen LogP contribution in [0.3, 0.4) is 0 Å². The zero-order valence-corrected chi connectivity index (χ0v) is 18.2. The quantitative estimate of drug-likeness (QED) is 0.216. The highest BCUT2D eigenvalue weighted by atomic mass is 127. The van der Waals surface area contributed by atoms with Gasteiger partial charge in [0.2, 0.25) is 0 Å². The molecule has 1 aliphatic rings. The van der Waals surface area contributed by atoms with Crippen molar-refractivity contribution in [1.29, 1.82) is 0 Å². The first kappa shape index (κ1) is 22.8. The van der Waals surface area contributed by atoms with Gasteiger partial charge in [-0.2, -0.15) is 0 Å². The third kappa shape index (κ3) is 7.56. The first-order valence-corrected chi connectivity index (χ1v) is 9.29. The van der Waals surface area contributed by atoms with Crippen molar-refractivity contribution >= 4 is 47.8 Å². The van der Waals surface area contributed by atoms with Gasteiger partial charge in [-0.1, -0.05) is 0 Å². The number of aliphatic imine (C=N–C) groups is 1. The maximum Gasteiger partial charge on any atom is 0.409 e. The number of nitrogens with zero attached hydrogens (tertiary/aromatic N) is 2. The lowest BCUT2D eigenvalue weighted by atomic mass is 10.1. The van der Waals surface area contributed by atoms with Gasteiger partial charge in [-0.15, -0.1) is 35.7 Å². The number of ether oxygens (including phenoxy) is 1. The summed E-state index contributed by atoms with van der Waals surface area (Å²) < 4.78 is 17.6. The van der Waals surface area contributed by atoms with E-state index in [1.54, 1.807) is 35.8 Å². The fourth-order valence-corrected chi connectivity index (χ4v) is 3.36. The molecule has 26 heavy (non-hydrogen) atoms. The molecule has 1 aromatic carbocycles. The number of likely N-dealkylation sites (tertiary alicyclic amines) is 1. The van der Waals surface area contributed by atoms with Crippen molar-refractivity contribution in [2.45, 2.75) is 23.8 Å². The molecule has 0 bridgehead atoms. The minimum Gasteiger partial charge on any atom is -0.453 e. The summed E-state index contributed by atoms with van der Waals surface area (Å²) in [7, 11) is 3.15. The van der Waals surface area contributed by atoms with E-state index in [2.05, 4.69) is 15.6 Å². The van der Waals surface area contributed by atoms with E-state index in [4.69, 9.17) is 4.74 Å². The monoisotopic (exact) mass is 496 g/mol. The molecule has 0 saturated carbocycles. The van der Waals surface area contributed by atoms with Crippen molar-refractivity contribution in [3.05, 3.63) is 30.1 Å². The fraction of sp³-hybridized carbons (Fsp3) is 0.529. The summed E-state index contributed by atoms with van der Waals surface area (Å²) in [5.74, 6) is 1.40. The van der Waals surface area contributed by atoms with Crippen LogP contribution in [0, 0.1) is 5.82 Å². The molecule has 0 radical (unpaired) electrons. The predicted octanol–water partition coefficient (Wildman–Crippen LogP) is 2.93. The van der Waals surface area contributed by atoms with Crippen LogP contribution in [-0.4, -0.2) is 62.5 Å². The van der Waals surface area contributed by atoms with Gasteiger partial charge in [-0.25, -0.2) is 9.18 Å². The van der Waals surface area contributed by atoms with Crippen LogP contribution < -0.4 is 10.6 Å². The molecular formula is C17H26FIN4O2S. The van der Waals surface area contributed by atoms with E-state index in [0.29, 0.717) is 13.1 Å². The summed E-state index contributed by atoms with van der Waals surface area (Å²) in [6.45, 7) is 2.12. The van der Waals surface area contributed by atoms with Crippen molar-refractivity contribution < 1.29 is 13.9 Å². The Bertz CT molecular complexity index is 581. The van der Waals surface area contributed by atoms with Crippen LogP contribution in [0.1, 0.15) is 12.8 Å². The molecule has 0 unspecified atom stereocenters. The van der Waals surface area contributed by atoms with Crippen molar-refractivity contribution in [2.75, 3.05) is 39.5 Å². The standard InChI is InChI=1S/C17H25FN4O2S.HI/c1-19-16(20-9-12-25-15-5-3-13(18)4-6-15)21-14-7-10-22(11-8-14)17(23)24-2;/h3-6,14H,7-12H2,1-2H3,(H2,19,20,21);1H. The van der Waals surface area contributed by atoms with E-state index in [-0.39, 0.29) is 41.9 Å². The number of thioether (sulfide) groups is 1. The molecule has 1 saturated heterocycles. The van der Waals surface area contributed by atoms with E-state index in [9.17, 15) is 9.18 Å². The number of halogens is 2. The number of nitrogens with one attached hydrogen (secondary N) is 2. The molecule has 0 aromatic heterocycles. The van der Waals surface area contributed by atoms with E-state index >= 15 is 0 Å². The third-order valence-corrected chi connectivity index (χ3v) is 4.98. The zero-order valence-electron chi connectivity index (χ0n) is 15.0. The lowest BCUT2D eigenvalue weighted by Gasteiger charge is -2.32. The van der Waals surface area contributed by atoms with Gasteiger partial charge in [-0.3, -0.25) is 4.99 Å². The van der Waals surface area contributed by atoms with Crippen LogP contribution in [-0.2, 0) is 4.74 Å². The normalized spacial score (nSPS) is 15.2. The first-order valence-electron chi connectivity index (χ1n) is 8.31. The molecule has 9 heteroatoms. The Balaban J connectivity index is 0.00000338. The van der Waals surface area contributed by atoms with E-state index in [0.717, 1.165) is 36.0 Å². The number of carbonyl (C=O) groups is 1. The van der Waals surface area contributed by atoms with E-state index in [1.165, 1.54) is 19.2 Å². The van der Waals surface area contributed by atoms with Crippen LogP contribution in [0.4, 0.5) is 9.18 Å². The number of piperidine rings is 1. The van der Waals surface area contributed by atoms with Crippen LogP contribution >= 0.6 is 35.7 Å². The van der Waals surface area contributed by atoms with Gasteiger partial charge in [0, 0.05) is 43.4 Å². The molecule has 1 aliphatic heterocycles. The number of benzene rings is 1. The molecule has 1 amide bonds.